The van der Waals surface area contributed by atoms with Crippen molar-refractivity contribution in [3.8, 4) is 40.0 Å². The van der Waals surface area contributed by atoms with Gasteiger partial charge >= 0.3 is 0 Å². The first kappa shape index (κ1) is 26.7. The van der Waals surface area contributed by atoms with E-state index in [1.54, 1.807) is 50.6 Å². The van der Waals surface area contributed by atoms with Gasteiger partial charge in [-0.2, -0.15) is 0 Å². The number of nitrogens with two attached hydrogens (primary N) is 1. The largest absolute Gasteiger partial charge is 0.497 e. The molecule has 4 N–H and O–H groups in total. The van der Waals surface area contributed by atoms with Crippen LogP contribution in [0.2, 0.25) is 0 Å². The van der Waals surface area contributed by atoms with Crippen molar-refractivity contribution >= 4 is 28.7 Å². The highest BCUT2D eigenvalue weighted by atomic mass is 19.1. The van der Waals surface area contributed by atoms with Gasteiger partial charge in [0, 0.05) is 29.9 Å². The number of ether oxygens (including phenoxy) is 2. The molecule has 0 spiro atoms. The zero-order valence-electron chi connectivity index (χ0n) is 22.7. The molecule has 1 saturated heterocycles. The summed E-state index contributed by atoms with van der Waals surface area (Å²) in [6, 6.07) is 17.9. The number of anilines is 1. The summed E-state index contributed by atoms with van der Waals surface area (Å²) in [5.74, 6) is 1.00. The molecule has 5 aromatic rings. The molecule has 3 heterocycles. The summed E-state index contributed by atoms with van der Waals surface area (Å²) < 4.78 is 26.8. The highest BCUT2D eigenvalue weighted by Gasteiger charge is 2.25. The average Bonchev–Trinajstić information content (AvgIpc) is 3.59. The van der Waals surface area contributed by atoms with Gasteiger partial charge < -0.3 is 25.8 Å². The number of methoxy groups -OCH3 is 2. The number of halogens is 1. The number of fused-ring (bicyclic) bond motifs is 1. The van der Waals surface area contributed by atoms with E-state index >= 15 is 0 Å². The molecule has 0 radical (unpaired) electrons. The molecule has 1 aliphatic heterocycles. The average molecular weight is 568 g/mol. The second-order valence-corrected chi connectivity index (χ2v) is 9.62. The predicted octanol–water partition coefficient (Wildman–Crippen LogP) is 3.71. The number of rotatable bonds is 8. The molecule has 11 nitrogen and oxygen atoms in total. The number of hydrogen-bond donors (Lipinski definition) is 3. The third-order valence-electron chi connectivity index (χ3n) is 7.00. The Hall–Kier alpha value is -5.52. The molecule has 2 amide bonds. The van der Waals surface area contributed by atoms with Gasteiger partial charge in [-0.1, -0.05) is 0 Å². The van der Waals surface area contributed by atoms with E-state index in [1.807, 2.05) is 16.7 Å². The van der Waals surface area contributed by atoms with Crippen LogP contribution in [-0.4, -0.2) is 58.1 Å². The Labute approximate surface area is 239 Å². The zero-order chi connectivity index (χ0) is 29.4. The van der Waals surface area contributed by atoms with Crippen LogP contribution in [0.3, 0.4) is 0 Å². The highest BCUT2D eigenvalue weighted by Crippen LogP contribution is 2.37. The van der Waals surface area contributed by atoms with Crippen molar-refractivity contribution in [3.05, 3.63) is 78.2 Å². The van der Waals surface area contributed by atoms with Crippen molar-refractivity contribution in [2.45, 2.75) is 12.5 Å². The Morgan fingerprint density at radius 1 is 1.02 bits per heavy atom. The van der Waals surface area contributed by atoms with Crippen LogP contribution in [0.15, 0.2) is 66.7 Å². The molecule has 1 fully saturated rings. The number of carbonyl (C=O) groups is 2. The van der Waals surface area contributed by atoms with Gasteiger partial charge in [0.25, 0.3) is 5.91 Å². The van der Waals surface area contributed by atoms with Crippen molar-refractivity contribution in [2.24, 2.45) is 5.73 Å². The van der Waals surface area contributed by atoms with Gasteiger partial charge in [0.2, 0.25) is 5.91 Å². The standard InChI is InChI=1S/C30H26FN7O4/c1-41-19-8-9-20(25(14-19)42-2)29-36-22-13-16(3-10-24(22)38(29)18-6-4-17(31)5-7-18)28-35-23(27(32)39)15-26(37-28)34-21-11-12-33-30(21)40/h3-10,13-15,21H,11-12H2,1-2H3,(H2,32,39)(H,33,40)(H,34,35,37)/t21-/m0/s1. The summed E-state index contributed by atoms with van der Waals surface area (Å²) in [5, 5.41) is 5.83. The first-order chi connectivity index (χ1) is 20.3. The molecule has 0 unspecified atom stereocenters. The molecule has 0 aliphatic carbocycles. The molecular formula is C30H26FN7O4. The molecule has 0 bridgehead atoms. The SMILES string of the molecule is COc1ccc(-c2nc3cc(-c4nc(N[C@H]5CCNC5=O)cc(C(N)=O)n4)ccc3n2-c2ccc(F)cc2)c(OC)c1. The van der Waals surface area contributed by atoms with E-state index in [0.29, 0.717) is 58.4 Å². The first-order valence-corrected chi connectivity index (χ1v) is 13.1. The monoisotopic (exact) mass is 567 g/mol. The lowest BCUT2D eigenvalue weighted by Gasteiger charge is -2.13. The molecule has 12 heteroatoms. The van der Waals surface area contributed by atoms with Gasteiger partial charge in [0.1, 0.15) is 40.7 Å². The second-order valence-electron chi connectivity index (χ2n) is 9.62. The fourth-order valence-electron chi connectivity index (χ4n) is 4.92. The molecular weight excluding hydrogens is 541 g/mol. The van der Waals surface area contributed by atoms with Crippen LogP contribution < -0.4 is 25.8 Å². The third-order valence-corrected chi connectivity index (χ3v) is 7.00. The third kappa shape index (κ3) is 4.94. The van der Waals surface area contributed by atoms with E-state index in [4.69, 9.17) is 20.2 Å². The zero-order valence-corrected chi connectivity index (χ0v) is 22.7. The molecule has 1 aliphatic rings. The van der Waals surface area contributed by atoms with Gasteiger partial charge in [0.05, 0.1) is 30.8 Å². The number of carbonyl (C=O) groups excluding carboxylic acids is 2. The predicted molar refractivity (Wildman–Crippen MR) is 154 cm³/mol. The molecule has 6 rings (SSSR count). The van der Waals surface area contributed by atoms with Crippen LogP contribution in [0.25, 0.3) is 39.5 Å². The number of primary amides is 1. The summed E-state index contributed by atoms with van der Waals surface area (Å²) in [4.78, 5) is 38.1. The van der Waals surface area contributed by atoms with Gasteiger partial charge in [-0.3, -0.25) is 14.2 Å². The van der Waals surface area contributed by atoms with E-state index in [2.05, 4.69) is 20.6 Å². The Kier molecular flexibility index (Phi) is 6.87. The number of aromatic nitrogens is 4. The van der Waals surface area contributed by atoms with Crippen LogP contribution in [0.4, 0.5) is 10.2 Å². The molecule has 42 heavy (non-hydrogen) atoms. The Morgan fingerprint density at radius 3 is 2.52 bits per heavy atom. The van der Waals surface area contributed by atoms with E-state index in [9.17, 15) is 14.0 Å². The topological polar surface area (TPSA) is 146 Å². The maximum Gasteiger partial charge on any atom is 0.267 e. The minimum atomic E-state index is -0.729. The minimum absolute atomic E-state index is 0.00139. The highest BCUT2D eigenvalue weighted by molar-refractivity contribution is 5.93. The van der Waals surface area contributed by atoms with Gasteiger partial charge in [-0.15, -0.1) is 0 Å². The number of nitrogens with one attached hydrogen (secondary N) is 2. The van der Waals surface area contributed by atoms with Crippen molar-refractivity contribution < 1.29 is 23.5 Å². The van der Waals surface area contributed by atoms with E-state index in [1.165, 1.54) is 18.2 Å². The lowest BCUT2D eigenvalue weighted by molar-refractivity contribution is -0.119. The van der Waals surface area contributed by atoms with E-state index in [-0.39, 0.29) is 23.2 Å². The van der Waals surface area contributed by atoms with Gasteiger partial charge in [-0.25, -0.2) is 19.3 Å². The van der Waals surface area contributed by atoms with Crippen molar-refractivity contribution in [1.29, 1.82) is 0 Å². The fourth-order valence-corrected chi connectivity index (χ4v) is 4.92. The fraction of sp³-hybridized carbons (Fsp3) is 0.167. The Bertz CT molecular complexity index is 1840. The molecule has 212 valence electrons. The molecule has 0 saturated carbocycles. The molecule has 2 aromatic heterocycles. The van der Waals surface area contributed by atoms with Crippen LogP contribution in [0, 0.1) is 5.82 Å². The number of imidazole rings is 1. The second kappa shape index (κ2) is 10.8. The quantitative estimate of drug-likeness (QED) is 0.257. The molecule has 1 atom stereocenters. The van der Waals surface area contributed by atoms with Crippen molar-refractivity contribution in [1.82, 2.24) is 24.8 Å². The number of benzene rings is 3. The normalized spacial score (nSPS) is 14.5. The minimum Gasteiger partial charge on any atom is -0.497 e. The summed E-state index contributed by atoms with van der Waals surface area (Å²) in [6.07, 6.45) is 0.578. The summed E-state index contributed by atoms with van der Waals surface area (Å²) >= 11 is 0. The maximum absolute atomic E-state index is 13.8. The lowest BCUT2D eigenvalue weighted by Crippen LogP contribution is -2.30. The summed E-state index contributed by atoms with van der Waals surface area (Å²) in [6.45, 7) is 0.547. The van der Waals surface area contributed by atoms with Crippen LogP contribution in [0.5, 0.6) is 11.5 Å². The number of amides is 2. The van der Waals surface area contributed by atoms with Gasteiger partial charge in [0.15, 0.2) is 5.82 Å². The molecule has 3 aromatic carbocycles. The first-order valence-electron chi connectivity index (χ1n) is 13.1. The van der Waals surface area contributed by atoms with E-state index < -0.39 is 11.9 Å². The van der Waals surface area contributed by atoms with E-state index in [0.717, 1.165) is 5.52 Å². The maximum atomic E-state index is 13.8. The smallest absolute Gasteiger partial charge is 0.267 e. The van der Waals surface area contributed by atoms with Gasteiger partial charge in [-0.05, 0) is 61.0 Å². The van der Waals surface area contributed by atoms with Crippen LogP contribution in [-0.2, 0) is 4.79 Å². The number of nitrogens with zero attached hydrogens (tertiary/aromatic N) is 4. The Balaban J connectivity index is 1.51. The van der Waals surface area contributed by atoms with Crippen LogP contribution in [0.1, 0.15) is 16.9 Å². The lowest BCUT2D eigenvalue weighted by atomic mass is 10.1. The summed E-state index contributed by atoms with van der Waals surface area (Å²) in [5.41, 5.74) is 8.83. The Morgan fingerprint density at radius 2 is 1.83 bits per heavy atom. The van der Waals surface area contributed by atoms with Crippen molar-refractivity contribution in [2.75, 3.05) is 26.1 Å². The number of hydrogen-bond acceptors (Lipinski definition) is 8. The van der Waals surface area contributed by atoms with Crippen LogP contribution >= 0.6 is 0 Å². The van der Waals surface area contributed by atoms with Crippen molar-refractivity contribution in [3.63, 3.8) is 0 Å². The summed E-state index contributed by atoms with van der Waals surface area (Å²) in [7, 11) is 3.13.